The first-order chi connectivity index (χ1) is 6.78. The maximum Gasteiger partial charge on any atom is 0.226 e. The molecule has 0 N–H and O–H groups in total. The highest BCUT2D eigenvalue weighted by atomic mass is 35.5. The first-order valence-electron chi connectivity index (χ1n) is 5.71. The van der Waals surface area contributed by atoms with Gasteiger partial charge in [0.15, 0.2) is 0 Å². The van der Waals surface area contributed by atoms with Gasteiger partial charge in [-0.3, -0.25) is 4.79 Å². The lowest BCUT2D eigenvalue weighted by atomic mass is 10.0. The molecule has 2 fully saturated rings. The second kappa shape index (κ2) is 3.13. The number of hydrogen-bond donors (Lipinski definition) is 0. The van der Waals surface area contributed by atoms with Crippen molar-refractivity contribution in [1.82, 2.24) is 4.90 Å². The Balaban J connectivity index is 2.05. The standard InChI is InChI=1S/C12H20ClNO/c1-11(2)9(12(11,3)4)10(15)14-6-5-8(13)7-14/h8-9H,5-7H2,1-4H3. The molecule has 1 unspecified atom stereocenters. The van der Waals surface area contributed by atoms with Gasteiger partial charge < -0.3 is 4.90 Å². The van der Waals surface area contributed by atoms with Crippen LogP contribution in [0.1, 0.15) is 34.1 Å². The summed E-state index contributed by atoms with van der Waals surface area (Å²) in [6.45, 7) is 10.3. The Morgan fingerprint density at radius 3 is 2.13 bits per heavy atom. The van der Waals surface area contributed by atoms with Gasteiger partial charge in [0, 0.05) is 19.0 Å². The molecule has 15 heavy (non-hydrogen) atoms. The highest BCUT2D eigenvalue weighted by Gasteiger charge is 2.68. The molecule has 1 atom stereocenters. The predicted molar refractivity (Wildman–Crippen MR) is 61.9 cm³/mol. The predicted octanol–water partition coefficient (Wildman–Crippen LogP) is 2.51. The van der Waals surface area contributed by atoms with Crippen LogP contribution in [0.4, 0.5) is 0 Å². The number of alkyl halides is 1. The van der Waals surface area contributed by atoms with E-state index in [0.29, 0.717) is 5.91 Å². The number of amides is 1. The van der Waals surface area contributed by atoms with Crippen molar-refractivity contribution in [3.05, 3.63) is 0 Å². The zero-order valence-electron chi connectivity index (χ0n) is 10.0. The fourth-order valence-corrected chi connectivity index (χ4v) is 3.18. The maximum atomic E-state index is 12.3. The number of rotatable bonds is 1. The summed E-state index contributed by atoms with van der Waals surface area (Å²) in [7, 11) is 0. The van der Waals surface area contributed by atoms with E-state index in [-0.39, 0.29) is 22.1 Å². The summed E-state index contributed by atoms with van der Waals surface area (Å²) < 4.78 is 0. The van der Waals surface area contributed by atoms with E-state index < -0.39 is 0 Å². The molecule has 0 spiro atoms. The molecule has 0 aromatic carbocycles. The molecule has 0 aromatic heterocycles. The monoisotopic (exact) mass is 229 g/mol. The Hall–Kier alpha value is -0.240. The van der Waals surface area contributed by atoms with Gasteiger partial charge in [0.1, 0.15) is 0 Å². The van der Waals surface area contributed by atoms with E-state index in [9.17, 15) is 4.79 Å². The average Bonchev–Trinajstić information content (AvgIpc) is 2.49. The molecule has 1 aliphatic carbocycles. The fraction of sp³-hybridized carbons (Fsp3) is 0.917. The van der Waals surface area contributed by atoms with Crippen LogP contribution in [0.25, 0.3) is 0 Å². The van der Waals surface area contributed by atoms with E-state index in [1.54, 1.807) is 0 Å². The lowest BCUT2D eigenvalue weighted by Crippen LogP contribution is -2.32. The minimum absolute atomic E-state index is 0.147. The minimum atomic E-state index is 0.147. The molecule has 0 aromatic rings. The number of halogens is 1. The molecular weight excluding hydrogens is 210 g/mol. The summed E-state index contributed by atoms with van der Waals surface area (Å²) in [4.78, 5) is 14.2. The Kier molecular flexibility index (Phi) is 2.35. The van der Waals surface area contributed by atoms with Crippen molar-refractivity contribution in [3.63, 3.8) is 0 Å². The van der Waals surface area contributed by atoms with Crippen molar-refractivity contribution in [2.45, 2.75) is 39.5 Å². The van der Waals surface area contributed by atoms with Gasteiger partial charge in [0.2, 0.25) is 5.91 Å². The highest BCUT2D eigenvalue weighted by Crippen LogP contribution is 2.68. The topological polar surface area (TPSA) is 20.3 Å². The van der Waals surface area contributed by atoms with Crippen molar-refractivity contribution in [2.24, 2.45) is 16.7 Å². The zero-order valence-corrected chi connectivity index (χ0v) is 10.8. The molecule has 2 rings (SSSR count). The van der Waals surface area contributed by atoms with Crippen molar-refractivity contribution in [2.75, 3.05) is 13.1 Å². The summed E-state index contributed by atoms with van der Waals surface area (Å²) in [6.07, 6.45) is 0.945. The number of likely N-dealkylation sites (tertiary alicyclic amines) is 1. The van der Waals surface area contributed by atoms with Gasteiger partial charge in [-0.25, -0.2) is 0 Å². The Bertz CT molecular complexity index is 284. The summed E-state index contributed by atoms with van der Waals surface area (Å²) in [5.41, 5.74) is 0.295. The van der Waals surface area contributed by atoms with E-state index in [1.165, 1.54) is 0 Å². The van der Waals surface area contributed by atoms with Crippen LogP contribution in [0.3, 0.4) is 0 Å². The number of hydrogen-bond acceptors (Lipinski definition) is 1. The lowest BCUT2D eigenvalue weighted by molar-refractivity contribution is -0.132. The van der Waals surface area contributed by atoms with Crippen LogP contribution in [-0.2, 0) is 4.79 Å². The van der Waals surface area contributed by atoms with Gasteiger partial charge in [-0.15, -0.1) is 11.6 Å². The van der Waals surface area contributed by atoms with Crippen LogP contribution >= 0.6 is 11.6 Å². The van der Waals surface area contributed by atoms with Gasteiger partial charge in [-0.05, 0) is 17.3 Å². The van der Waals surface area contributed by atoms with Gasteiger partial charge >= 0.3 is 0 Å². The van der Waals surface area contributed by atoms with Gasteiger partial charge in [-0.2, -0.15) is 0 Å². The molecule has 2 nitrogen and oxygen atoms in total. The second-order valence-corrected chi connectivity index (χ2v) is 6.66. The van der Waals surface area contributed by atoms with E-state index in [4.69, 9.17) is 11.6 Å². The molecule has 1 saturated carbocycles. The van der Waals surface area contributed by atoms with E-state index in [2.05, 4.69) is 27.7 Å². The summed E-state index contributed by atoms with van der Waals surface area (Å²) >= 11 is 6.02. The first-order valence-corrected chi connectivity index (χ1v) is 6.15. The normalized spacial score (nSPS) is 33.1. The lowest BCUT2D eigenvalue weighted by Gasteiger charge is -2.16. The van der Waals surface area contributed by atoms with Crippen LogP contribution in [0.5, 0.6) is 0 Å². The number of nitrogens with zero attached hydrogens (tertiary/aromatic N) is 1. The summed E-state index contributed by atoms with van der Waals surface area (Å²) in [5.74, 6) is 0.500. The van der Waals surface area contributed by atoms with Crippen molar-refractivity contribution < 1.29 is 4.79 Å². The highest BCUT2D eigenvalue weighted by molar-refractivity contribution is 6.21. The zero-order chi connectivity index (χ0) is 11.4. The van der Waals surface area contributed by atoms with Crippen molar-refractivity contribution in [3.8, 4) is 0 Å². The molecule has 1 aliphatic heterocycles. The molecule has 3 heteroatoms. The molecule has 86 valence electrons. The van der Waals surface area contributed by atoms with Crippen LogP contribution in [-0.4, -0.2) is 29.3 Å². The van der Waals surface area contributed by atoms with Crippen molar-refractivity contribution >= 4 is 17.5 Å². The fourth-order valence-electron chi connectivity index (χ4n) is 2.91. The Labute approximate surface area is 97.0 Å². The van der Waals surface area contributed by atoms with E-state index in [0.717, 1.165) is 19.5 Å². The molecule has 1 heterocycles. The van der Waals surface area contributed by atoms with Gasteiger partial charge in [-0.1, -0.05) is 27.7 Å². The van der Waals surface area contributed by atoms with E-state index in [1.807, 2.05) is 4.90 Å². The number of carbonyl (C=O) groups excluding carboxylic acids is 1. The SMILES string of the molecule is CC1(C)C(C(=O)N2CCC(Cl)C2)C1(C)C. The quantitative estimate of drug-likeness (QED) is 0.633. The third kappa shape index (κ3) is 1.49. The van der Waals surface area contributed by atoms with Crippen molar-refractivity contribution in [1.29, 1.82) is 0 Å². The average molecular weight is 230 g/mol. The Morgan fingerprint density at radius 2 is 1.80 bits per heavy atom. The third-order valence-corrected chi connectivity index (χ3v) is 5.07. The molecule has 0 radical (unpaired) electrons. The Morgan fingerprint density at radius 1 is 1.27 bits per heavy atom. The van der Waals surface area contributed by atoms with Gasteiger partial charge in [0.05, 0.1) is 5.38 Å². The minimum Gasteiger partial charge on any atom is -0.341 e. The molecule has 1 amide bonds. The van der Waals surface area contributed by atoms with E-state index >= 15 is 0 Å². The molecule has 2 aliphatic rings. The molecule has 1 saturated heterocycles. The second-order valence-electron chi connectivity index (χ2n) is 6.05. The first kappa shape index (κ1) is 11.3. The molecular formula is C12H20ClNO. The van der Waals surface area contributed by atoms with Gasteiger partial charge in [0.25, 0.3) is 0 Å². The van der Waals surface area contributed by atoms with Crippen LogP contribution in [0.2, 0.25) is 0 Å². The molecule has 0 bridgehead atoms. The largest absolute Gasteiger partial charge is 0.341 e. The smallest absolute Gasteiger partial charge is 0.226 e. The maximum absolute atomic E-state index is 12.3. The van der Waals surface area contributed by atoms with Crippen LogP contribution in [0, 0.1) is 16.7 Å². The third-order valence-electron chi connectivity index (χ3n) is 4.71. The number of carbonyl (C=O) groups is 1. The van der Waals surface area contributed by atoms with Crippen LogP contribution < -0.4 is 0 Å². The summed E-state index contributed by atoms with van der Waals surface area (Å²) in [5, 5.41) is 0.166. The van der Waals surface area contributed by atoms with Crippen LogP contribution in [0.15, 0.2) is 0 Å². The summed E-state index contributed by atoms with van der Waals surface area (Å²) in [6, 6.07) is 0.